The third-order valence-corrected chi connectivity index (χ3v) is 6.83. The van der Waals surface area contributed by atoms with Gasteiger partial charge in [0, 0.05) is 34.1 Å². The van der Waals surface area contributed by atoms with E-state index < -0.39 is 0 Å². The Kier molecular flexibility index (Phi) is 6.50. The van der Waals surface area contributed by atoms with Crippen LogP contribution in [0.15, 0.2) is 35.5 Å². The Morgan fingerprint density at radius 2 is 1.86 bits per heavy atom. The zero-order chi connectivity index (χ0) is 24.5. The van der Waals surface area contributed by atoms with E-state index in [2.05, 4.69) is 24.6 Å². The second-order valence-corrected chi connectivity index (χ2v) is 9.38. The molecule has 0 amide bonds. The van der Waals surface area contributed by atoms with E-state index in [1.54, 1.807) is 14.2 Å². The van der Waals surface area contributed by atoms with Gasteiger partial charge in [0.15, 0.2) is 23.3 Å². The predicted octanol–water partition coefficient (Wildman–Crippen LogP) is 4.58. The van der Waals surface area contributed by atoms with Crippen molar-refractivity contribution in [3.05, 3.63) is 51.5 Å². The number of fused-ring (bicyclic) bond motifs is 5. The molecule has 9 nitrogen and oxygen atoms in total. The quantitative estimate of drug-likeness (QED) is 0.288. The van der Waals surface area contributed by atoms with Crippen molar-refractivity contribution in [1.82, 2.24) is 19.5 Å². The van der Waals surface area contributed by atoms with Crippen LogP contribution in [0, 0.1) is 0 Å². The van der Waals surface area contributed by atoms with Gasteiger partial charge in [0.2, 0.25) is 0 Å². The Morgan fingerprint density at radius 3 is 2.54 bits per heavy atom. The first-order valence-corrected chi connectivity index (χ1v) is 12.0. The molecule has 0 bridgehead atoms. The molecule has 11 heteroatoms. The molecule has 5 rings (SSSR count). The summed E-state index contributed by atoms with van der Waals surface area (Å²) in [6.07, 6.45) is 0. The molecule has 1 aliphatic carbocycles. The Morgan fingerprint density at radius 1 is 1.09 bits per heavy atom. The highest BCUT2D eigenvalue weighted by atomic mass is 35.5. The van der Waals surface area contributed by atoms with Gasteiger partial charge in [-0.1, -0.05) is 21.2 Å². The monoisotopic (exact) mass is 513 g/mol. The van der Waals surface area contributed by atoms with Gasteiger partial charge in [-0.25, -0.2) is 0 Å². The highest BCUT2D eigenvalue weighted by molar-refractivity contribution is 7.06. The fourth-order valence-electron chi connectivity index (χ4n) is 4.01. The van der Waals surface area contributed by atoms with Gasteiger partial charge >= 0.3 is 0 Å². The van der Waals surface area contributed by atoms with Gasteiger partial charge in [-0.2, -0.15) is 0 Å². The second-order valence-electron chi connectivity index (χ2n) is 8.19. The van der Waals surface area contributed by atoms with Crippen molar-refractivity contribution in [3.8, 4) is 28.5 Å². The van der Waals surface area contributed by atoms with Gasteiger partial charge < -0.3 is 28.9 Å². The number of ether oxygens (including phenoxy) is 3. The van der Waals surface area contributed by atoms with Gasteiger partial charge in [0.25, 0.3) is 0 Å². The third kappa shape index (κ3) is 4.40. The Balaban J connectivity index is 1.59. The molecule has 35 heavy (non-hydrogen) atoms. The number of aromatic nitrogens is 3. The zero-order valence-corrected chi connectivity index (χ0v) is 21.3. The summed E-state index contributed by atoms with van der Waals surface area (Å²) in [4.78, 5) is 12.1. The minimum Gasteiger partial charge on any atom is -0.493 e. The van der Waals surface area contributed by atoms with Crippen molar-refractivity contribution in [3.63, 3.8) is 0 Å². The van der Waals surface area contributed by atoms with Crippen molar-refractivity contribution in [2.45, 2.75) is 6.61 Å². The normalized spacial score (nSPS) is 13.4. The molecule has 182 valence electrons. The number of likely N-dealkylation sites (N-methyl/N-ethyl adjacent to an activating group) is 1. The summed E-state index contributed by atoms with van der Waals surface area (Å²) in [7, 11) is 7.26. The molecular weight excluding hydrogens is 490 g/mol. The van der Waals surface area contributed by atoms with Crippen LogP contribution in [0.25, 0.3) is 22.2 Å². The second kappa shape index (κ2) is 9.73. The number of hydrogen-bond acceptors (Lipinski definition) is 9. The number of aromatic amines is 1. The van der Waals surface area contributed by atoms with Gasteiger partial charge in [-0.15, -0.1) is 5.10 Å². The molecule has 2 aromatic heterocycles. The van der Waals surface area contributed by atoms with Crippen LogP contribution < -0.4 is 14.2 Å². The SMILES string of the molecule is COc1cc2c(cc1OC)-c1[nH]c3ccc(OCCN(C)C)cc3c1/C2=N\OCc1snnc1Cl. The molecule has 0 atom stereocenters. The number of H-pyrrole nitrogens is 1. The molecule has 1 N–H and O–H groups in total. The minimum atomic E-state index is 0.166. The van der Waals surface area contributed by atoms with Crippen molar-refractivity contribution >= 4 is 39.7 Å². The molecule has 0 fully saturated rings. The first-order chi connectivity index (χ1) is 17.0. The van der Waals surface area contributed by atoms with E-state index >= 15 is 0 Å². The van der Waals surface area contributed by atoms with E-state index in [9.17, 15) is 0 Å². The summed E-state index contributed by atoms with van der Waals surface area (Å²) < 4.78 is 20.9. The summed E-state index contributed by atoms with van der Waals surface area (Å²) in [5, 5.41) is 9.65. The average Bonchev–Trinajstić information content (AvgIpc) is 3.51. The smallest absolute Gasteiger partial charge is 0.170 e. The van der Waals surface area contributed by atoms with E-state index in [0.29, 0.717) is 33.8 Å². The molecule has 0 radical (unpaired) electrons. The predicted molar refractivity (Wildman–Crippen MR) is 136 cm³/mol. The molecule has 0 saturated carbocycles. The highest BCUT2D eigenvalue weighted by Crippen LogP contribution is 2.46. The Labute approximate surface area is 211 Å². The molecule has 0 saturated heterocycles. The third-order valence-electron chi connectivity index (χ3n) is 5.72. The van der Waals surface area contributed by atoms with Crippen LogP contribution in [0.5, 0.6) is 17.2 Å². The molecule has 0 unspecified atom stereocenters. The topological polar surface area (TPSA) is 94.1 Å². The summed E-state index contributed by atoms with van der Waals surface area (Å²) in [5.41, 5.74) is 5.33. The summed E-state index contributed by atoms with van der Waals surface area (Å²) >= 11 is 7.25. The van der Waals surface area contributed by atoms with Crippen molar-refractivity contribution in [2.24, 2.45) is 5.16 Å². The van der Waals surface area contributed by atoms with Crippen LogP contribution in [0.3, 0.4) is 0 Å². The molecular formula is C24H24ClN5O4S. The van der Waals surface area contributed by atoms with Crippen LogP contribution in [-0.2, 0) is 11.4 Å². The van der Waals surface area contributed by atoms with E-state index in [1.165, 1.54) is 11.5 Å². The van der Waals surface area contributed by atoms with Crippen LogP contribution in [0.4, 0.5) is 0 Å². The Bertz CT molecular complexity index is 1410. The number of oxime groups is 1. The largest absolute Gasteiger partial charge is 0.493 e. The molecule has 0 aliphatic heterocycles. The zero-order valence-electron chi connectivity index (χ0n) is 19.7. The standard InChI is InChI=1S/C24H24ClN5O4S/c1-30(2)7-8-33-13-5-6-17-16(9-13)21-22(26-17)14-10-18(31-3)19(32-4)11-15(14)23(21)28-34-12-20-24(25)27-29-35-20/h5-6,9-11,26H,7-8,12H2,1-4H3/b28-23-. The van der Waals surface area contributed by atoms with Crippen LogP contribution in [0.1, 0.15) is 16.0 Å². The summed E-state index contributed by atoms with van der Waals surface area (Å²) in [6, 6.07) is 9.86. The molecule has 0 spiro atoms. The molecule has 4 aromatic rings. The minimum absolute atomic E-state index is 0.166. The average molecular weight is 514 g/mol. The summed E-state index contributed by atoms with van der Waals surface area (Å²) in [6.45, 7) is 1.58. The Hall–Kier alpha value is -3.34. The fraction of sp³-hybridized carbons (Fsp3) is 0.292. The van der Waals surface area contributed by atoms with Crippen LogP contribution >= 0.6 is 23.1 Å². The van der Waals surface area contributed by atoms with Gasteiger partial charge in [-0.05, 0) is 56.0 Å². The maximum atomic E-state index is 6.07. The molecule has 2 aromatic carbocycles. The number of methoxy groups -OCH3 is 2. The van der Waals surface area contributed by atoms with E-state index in [-0.39, 0.29) is 6.61 Å². The first kappa shape index (κ1) is 23.4. The van der Waals surface area contributed by atoms with Crippen molar-refractivity contribution in [1.29, 1.82) is 0 Å². The molecule has 1 aliphatic rings. The van der Waals surface area contributed by atoms with Crippen LogP contribution in [-0.4, -0.2) is 66.6 Å². The molecule has 2 heterocycles. The maximum Gasteiger partial charge on any atom is 0.170 e. The first-order valence-electron chi connectivity index (χ1n) is 10.9. The number of hydrogen-bond donors (Lipinski definition) is 1. The number of nitrogens with zero attached hydrogens (tertiary/aromatic N) is 4. The van der Waals surface area contributed by atoms with Crippen LogP contribution in [0.2, 0.25) is 5.15 Å². The van der Waals surface area contributed by atoms with Crippen molar-refractivity contribution in [2.75, 3.05) is 41.5 Å². The van der Waals surface area contributed by atoms with Gasteiger partial charge in [0.1, 0.15) is 22.9 Å². The fourth-order valence-corrected chi connectivity index (χ4v) is 4.69. The maximum absolute atomic E-state index is 6.07. The van der Waals surface area contributed by atoms with Gasteiger partial charge in [0.05, 0.1) is 19.9 Å². The number of halogens is 1. The lowest BCUT2D eigenvalue weighted by Gasteiger charge is -2.12. The van der Waals surface area contributed by atoms with E-state index in [1.807, 2.05) is 44.4 Å². The summed E-state index contributed by atoms with van der Waals surface area (Å²) in [5.74, 6) is 2.03. The lowest BCUT2D eigenvalue weighted by atomic mass is 10.1. The number of nitrogens with one attached hydrogen (secondary N) is 1. The van der Waals surface area contributed by atoms with Gasteiger partial charge in [-0.3, -0.25) is 0 Å². The van der Waals surface area contributed by atoms with Crippen molar-refractivity contribution < 1.29 is 19.0 Å². The number of benzene rings is 2. The van der Waals surface area contributed by atoms with E-state index in [0.717, 1.165) is 45.6 Å². The highest BCUT2D eigenvalue weighted by Gasteiger charge is 2.32. The number of rotatable bonds is 9. The lowest BCUT2D eigenvalue weighted by molar-refractivity contribution is 0.133. The lowest BCUT2D eigenvalue weighted by Crippen LogP contribution is -2.19. The van der Waals surface area contributed by atoms with E-state index in [4.69, 9.17) is 30.6 Å².